The Morgan fingerprint density at radius 1 is 0.871 bits per heavy atom. The number of aliphatic imine (C=N–C) groups is 1. The summed E-state index contributed by atoms with van der Waals surface area (Å²) in [6.45, 7) is -0.0386. The number of benzene rings is 3. The van der Waals surface area contributed by atoms with Gasteiger partial charge in [-0.3, -0.25) is 9.79 Å². The topological polar surface area (TPSA) is 66.4 Å². The predicted molar refractivity (Wildman–Crippen MR) is 120 cm³/mol. The SMILES string of the molecule is COc1cc(C=NCC(=O)C(Oc2ccccc2)c2ccccc2)cc(OC)c1OC. The number of hydrogen-bond acceptors (Lipinski definition) is 6. The summed E-state index contributed by atoms with van der Waals surface area (Å²) < 4.78 is 22.0. The van der Waals surface area contributed by atoms with Gasteiger partial charge in [0, 0.05) is 6.21 Å². The summed E-state index contributed by atoms with van der Waals surface area (Å²) in [5.74, 6) is 2.00. The van der Waals surface area contributed by atoms with Gasteiger partial charge in [-0.25, -0.2) is 0 Å². The Labute approximate surface area is 182 Å². The van der Waals surface area contributed by atoms with Gasteiger partial charge < -0.3 is 18.9 Å². The number of carbonyl (C=O) groups excluding carboxylic acids is 1. The molecule has 3 aromatic rings. The number of carbonyl (C=O) groups is 1. The number of nitrogens with zero attached hydrogens (tertiary/aromatic N) is 1. The highest BCUT2D eigenvalue weighted by molar-refractivity contribution is 5.89. The van der Waals surface area contributed by atoms with Crippen LogP contribution in [0.3, 0.4) is 0 Å². The summed E-state index contributed by atoms with van der Waals surface area (Å²) in [6.07, 6.45) is 0.855. The van der Waals surface area contributed by atoms with Gasteiger partial charge >= 0.3 is 0 Å². The Morgan fingerprint density at radius 3 is 2.00 bits per heavy atom. The highest BCUT2D eigenvalue weighted by Crippen LogP contribution is 2.37. The van der Waals surface area contributed by atoms with Crippen LogP contribution in [0.5, 0.6) is 23.0 Å². The molecule has 6 heteroatoms. The Hall–Kier alpha value is -3.80. The first-order chi connectivity index (χ1) is 15.2. The van der Waals surface area contributed by atoms with E-state index in [0.29, 0.717) is 23.0 Å². The molecule has 6 nitrogen and oxygen atoms in total. The number of Topliss-reactive ketones (excluding diaryl/α,β-unsaturated/α-hetero) is 1. The van der Waals surface area contributed by atoms with E-state index < -0.39 is 6.10 Å². The van der Waals surface area contributed by atoms with Crippen molar-refractivity contribution in [2.24, 2.45) is 4.99 Å². The molecule has 0 fully saturated rings. The van der Waals surface area contributed by atoms with E-state index in [4.69, 9.17) is 18.9 Å². The zero-order valence-electron chi connectivity index (χ0n) is 17.8. The predicted octanol–water partition coefficient (Wildman–Crippen LogP) is 4.52. The molecule has 1 unspecified atom stereocenters. The molecule has 0 spiro atoms. The minimum atomic E-state index is -0.749. The van der Waals surface area contributed by atoms with Gasteiger partial charge in [-0.15, -0.1) is 0 Å². The Balaban J connectivity index is 1.78. The Kier molecular flexibility index (Phi) is 7.65. The molecule has 160 valence electrons. The fourth-order valence-corrected chi connectivity index (χ4v) is 3.08. The maximum Gasteiger partial charge on any atom is 0.203 e. The van der Waals surface area contributed by atoms with Crippen molar-refractivity contribution in [2.75, 3.05) is 27.9 Å². The molecule has 3 aromatic carbocycles. The van der Waals surface area contributed by atoms with Gasteiger partial charge in [0.25, 0.3) is 0 Å². The van der Waals surface area contributed by atoms with Crippen molar-refractivity contribution in [2.45, 2.75) is 6.10 Å². The monoisotopic (exact) mass is 419 g/mol. The maximum absolute atomic E-state index is 13.0. The van der Waals surface area contributed by atoms with E-state index in [-0.39, 0.29) is 12.3 Å². The molecule has 0 heterocycles. The molecule has 3 rings (SSSR count). The lowest BCUT2D eigenvalue weighted by Gasteiger charge is -2.17. The van der Waals surface area contributed by atoms with Gasteiger partial charge in [-0.2, -0.15) is 0 Å². The van der Waals surface area contributed by atoms with Crippen molar-refractivity contribution in [3.63, 3.8) is 0 Å². The standard InChI is InChI=1S/C25H25NO5/c1-28-22-14-18(15-23(29-2)25(22)30-3)16-26-17-21(27)24(19-10-6-4-7-11-19)31-20-12-8-5-9-13-20/h4-16,24H,17H2,1-3H3. The molecular weight excluding hydrogens is 394 g/mol. The van der Waals surface area contributed by atoms with Gasteiger partial charge in [-0.1, -0.05) is 48.5 Å². The van der Waals surface area contributed by atoms with Crippen LogP contribution >= 0.6 is 0 Å². The number of ether oxygens (including phenoxy) is 4. The molecule has 0 amide bonds. The van der Waals surface area contributed by atoms with E-state index in [9.17, 15) is 4.79 Å². The van der Waals surface area contributed by atoms with E-state index in [1.165, 1.54) is 0 Å². The van der Waals surface area contributed by atoms with Gasteiger partial charge in [0.05, 0.1) is 21.3 Å². The molecule has 31 heavy (non-hydrogen) atoms. The largest absolute Gasteiger partial charge is 0.493 e. The van der Waals surface area contributed by atoms with Crippen LogP contribution in [0.25, 0.3) is 0 Å². The highest BCUT2D eigenvalue weighted by Gasteiger charge is 2.22. The van der Waals surface area contributed by atoms with Gasteiger partial charge in [0.15, 0.2) is 23.4 Å². The maximum atomic E-state index is 13.0. The number of rotatable bonds is 10. The number of ketones is 1. The zero-order valence-corrected chi connectivity index (χ0v) is 17.8. The van der Waals surface area contributed by atoms with Crippen molar-refractivity contribution >= 4 is 12.0 Å². The molecule has 0 aromatic heterocycles. The molecule has 0 radical (unpaired) electrons. The molecule has 0 aliphatic rings. The van der Waals surface area contributed by atoms with Gasteiger partial charge in [-0.05, 0) is 35.4 Å². The first kappa shape index (κ1) is 21.9. The number of hydrogen-bond donors (Lipinski definition) is 0. The van der Waals surface area contributed by atoms with Crippen LogP contribution in [0.1, 0.15) is 17.2 Å². The van der Waals surface area contributed by atoms with E-state index >= 15 is 0 Å². The van der Waals surface area contributed by atoms with Gasteiger partial charge in [0.2, 0.25) is 5.75 Å². The summed E-state index contributed by atoms with van der Waals surface area (Å²) >= 11 is 0. The lowest BCUT2D eigenvalue weighted by atomic mass is 10.1. The molecule has 0 bridgehead atoms. The third kappa shape index (κ3) is 5.63. The summed E-state index contributed by atoms with van der Waals surface area (Å²) in [7, 11) is 4.64. The second kappa shape index (κ2) is 10.8. The first-order valence-corrected chi connectivity index (χ1v) is 9.75. The van der Waals surface area contributed by atoms with Crippen LogP contribution in [0, 0.1) is 0 Å². The molecule has 0 saturated carbocycles. The van der Waals surface area contributed by atoms with E-state index in [0.717, 1.165) is 11.1 Å². The molecule has 0 saturated heterocycles. The average Bonchev–Trinajstić information content (AvgIpc) is 2.82. The lowest BCUT2D eigenvalue weighted by Crippen LogP contribution is -2.21. The third-order valence-corrected chi connectivity index (χ3v) is 4.57. The van der Waals surface area contributed by atoms with E-state index in [1.807, 2.05) is 60.7 Å². The minimum Gasteiger partial charge on any atom is -0.493 e. The fraction of sp³-hybridized carbons (Fsp3) is 0.200. The van der Waals surface area contributed by atoms with Crippen LogP contribution < -0.4 is 18.9 Å². The van der Waals surface area contributed by atoms with Crippen molar-refractivity contribution in [1.29, 1.82) is 0 Å². The molecule has 1 atom stereocenters. The molecule has 0 aliphatic carbocycles. The smallest absolute Gasteiger partial charge is 0.203 e. The minimum absolute atomic E-state index is 0.0386. The van der Waals surface area contributed by atoms with Crippen molar-refractivity contribution in [1.82, 2.24) is 0 Å². The summed E-state index contributed by atoms with van der Waals surface area (Å²) in [4.78, 5) is 17.3. The number of para-hydroxylation sites is 1. The van der Waals surface area contributed by atoms with Crippen molar-refractivity contribution in [3.05, 3.63) is 83.9 Å². The third-order valence-electron chi connectivity index (χ3n) is 4.57. The van der Waals surface area contributed by atoms with E-state index in [2.05, 4.69) is 4.99 Å². The van der Waals surface area contributed by atoms with Crippen LogP contribution in [0.15, 0.2) is 77.8 Å². The molecule has 0 aliphatic heterocycles. The Morgan fingerprint density at radius 2 is 1.45 bits per heavy atom. The first-order valence-electron chi connectivity index (χ1n) is 9.75. The van der Waals surface area contributed by atoms with Crippen molar-refractivity contribution in [3.8, 4) is 23.0 Å². The van der Waals surface area contributed by atoms with Gasteiger partial charge in [0.1, 0.15) is 12.3 Å². The lowest BCUT2D eigenvalue weighted by molar-refractivity contribution is -0.124. The molecular formula is C25H25NO5. The Bertz CT molecular complexity index is 994. The quantitative estimate of drug-likeness (QED) is 0.452. The van der Waals surface area contributed by atoms with Crippen LogP contribution in [0.4, 0.5) is 0 Å². The van der Waals surface area contributed by atoms with E-state index in [1.54, 1.807) is 39.7 Å². The van der Waals surface area contributed by atoms with Crippen LogP contribution in [0.2, 0.25) is 0 Å². The second-order valence-electron chi connectivity index (χ2n) is 6.62. The highest BCUT2D eigenvalue weighted by atomic mass is 16.5. The summed E-state index contributed by atoms with van der Waals surface area (Å²) in [5, 5.41) is 0. The number of methoxy groups -OCH3 is 3. The molecule has 0 N–H and O–H groups in total. The zero-order chi connectivity index (χ0) is 22.1. The summed E-state index contributed by atoms with van der Waals surface area (Å²) in [5.41, 5.74) is 1.50. The second-order valence-corrected chi connectivity index (χ2v) is 6.62. The average molecular weight is 419 g/mol. The normalized spacial score (nSPS) is 11.7. The summed E-state index contributed by atoms with van der Waals surface area (Å²) in [6, 6.07) is 22.2. The van der Waals surface area contributed by atoms with Crippen molar-refractivity contribution < 1.29 is 23.7 Å². The fourth-order valence-electron chi connectivity index (χ4n) is 3.08. The van der Waals surface area contributed by atoms with Crippen LogP contribution in [-0.4, -0.2) is 39.9 Å². The van der Waals surface area contributed by atoms with Crippen LogP contribution in [-0.2, 0) is 4.79 Å².